The van der Waals surface area contributed by atoms with Gasteiger partial charge in [-0.05, 0) is 51.8 Å². The van der Waals surface area contributed by atoms with Crippen molar-refractivity contribution in [1.82, 2.24) is 10.6 Å². The largest absolute Gasteiger partial charge is 0.384 e. The average molecular weight is 482 g/mol. The lowest BCUT2D eigenvalue weighted by Gasteiger charge is -2.59. The molecule has 11 nitrogen and oxygen atoms in total. The lowest BCUT2D eigenvalue weighted by Crippen LogP contribution is -2.82. The molecule has 1 aliphatic rings. The Morgan fingerprint density at radius 3 is 2.06 bits per heavy atom. The Hall–Kier alpha value is -2.57. The molecular weight excluding hydrogens is 446 g/mol. The minimum absolute atomic E-state index is 0.381. The van der Waals surface area contributed by atoms with Crippen molar-refractivity contribution in [2.24, 2.45) is 0 Å². The first-order chi connectivity index (χ1) is 15.5. The summed E-state index contributed by atoms with van der Waals surface area (Å²) in [7, 11) is 0. The molecule has 1 aromatic rings. The number of nitrogens with one attached hydrogen (secondary N) is 3. The predicted octanol–water partition coefficient (Wildman–Crippen LogP) is -0.831. The normalized spacial score (nSPS) is 34.1. The maximum Gasteiger partial charge on any atom is 0.252 e. The molecule has 1 saturated heterocycles. The molecule has 0 saturated carbocycles. The van der Waals surface area contributed by atoms with Crippen LogP contribution in [0.15, 0.2) is 24.3 Å². The Morgan fingerprint density at radius 2 is 1.56 bits per heavy atom. The molecule has 6 atom stereocenters. The predicted molar refractivity (Wildman–Crippen MR) is 122 cm³/mol. The number of hydrogen-bond acceptors (Lipinski definition) is 8. The highest BCUT2D eigenvalue weighted by Crippen LogP contribution is 2.47. The third-order valence-electron chi connectivity index (χ3n) is 6.74. The van der Waals surface area contributed by atoms with Crippen LogP contribution in [0.4, 0.5) is 5.69 Å². The summed E-state index contributed by atoms with van der Waals surface area (Å²) in [6.07, 6.45) is -0.989. The summed E-state index contributed by atoms with van der Waals surface area (Å²) in [6.45, 7) is 7.10. The van der Waals surface area contributed by atoms with Crippen molar-refractivity contribution in [3.8, 4) is 0 Å². The molecule has 0 spiro atoms. The minimum atomic E-state index is -2.40. The number of benzene rings is 1. The summed E-state index contributed by atoms with van der Waals surface area (Å²) < 4.78 is 5.29. The van der Waals surface area contributed by atoms with Crippen molar-refractivity contribution in [2.75, 3.05) is 11.9 Å². The van der Waals surface area contributed by atoms with Crippen LogP contribution in [0, 0.1) is 0 Å². The molecule has 1 fully saturated rings. The second-order valence-corrected chi connectivity index (χ2v) is 9.31. The van der Waals surface area contributed by atoms with E-state index in [-0.39, 0.29) is 6.54 Å². The number of rotatable bonds is 7. The van der Waals surface area contributed by atoms with Crippen molar-refractivity contribution in [3.63, 3.8) is 0 Å². The van der Waals surface area contributed by atoms with Gasteiger partial charge >= 0.3 is 0 Å². The second-order valence-electron chi connectivity index (χ2n) is 9.31. The highest BCUT2D eigenvalue weighted by Gasteiger charge is 2.71. The van der Waals surface area contributed by atoms with Crippen LogP contribution in [0.5, 0.6) is 0 Å². The van der Waals surface area contributed by atoms with E-state index in [2.05, 4.69) is 16.0 Å². The highest BCUT2D eigenvalue weighted by molar-refractivity contribution is 5.97. The lowest BCUT2D eigenvalue weighted by atomic mass is 9.65. The summed E-state index contributed by atoms with van der Waals surface area (Å²) >= 11 is 0. The van der Waals surface area contributed by atoms with Crippen molar-refractivity contribution in [3.05, 3.63) is 29.8 Å². The molecule has 34 heavy (non-hydrogen) atoms. The van der Waals surface area contributed by atoms with Gasteiger partial charge in [0.2, 0.25) is 11.8 Å². The number of carbonyl (C=O) groups excluding carboxylic acids is 3. The van der Waals surface area contributed by atoms with E-state index in [1.54, 1.807) is 12.1 Å². The van der Waals surface area contributed by atoms with Gasteiger partial charge in [-0.25, -0.2) is 0 Å². The SMILES string of the molecule is CCc1ccc(NC(=O)C(CNC(=O)C2OC(C)(O)C(C)(O)C(C)(O)C2(C)O)NC(C)=O)cc1. The summed E-state index contributed by atoms with van der Waals surface area (Å²) in [6, 6.07) is 5.94. The minimum Gasteiger partial charge on any atom is -0.384 e. The molecule has 7 N–H and O–H groups in total. The third kappa shape index (κ3) is 5.08. The first-order valence-corrected chi connectivity index (χ1v) is 11.0. The van der Waals surface area contributed by atoms with E-state index < -0.39 is 52.5 Å². The van der Waals surface area contributed by atoms with Crippen molar-refractivity contribution in [2.45, 2.75) is 82.7 Å². The van der Waals surface area contributed by atoms with E-state index in [9.17, 15) is 34.8 Å². The second kappa shape index (κ2) is 9.59. The molecular formula is C23H35N3O8. The molecule has 1 aromatic carbocycles. The number of aryl methyl sites for hydroxylation is 1. The lowest BCUT2D eigenvalue weighted by molar-refractivity contribution is -0.414. The fourth-order valence-electron chi connectivity index (χ4n) is 3.77. The first kappa shape index (κ1) is 27.7. The van der Waals surface area contributed by atoms with Gasteiger partial charge in [-0.2, -0.15) is 0 Å². The van der Waals surface area contributed by atoms with Crippen LogP contribution in [-0.4, -0.2) is 79.4 Å². The number of carbonyl (C=O) groups is 3. The molecule has 0 radical (unpaired) electrons. The van der Waals surface area contributed by atoms with Crippen molar-refractivity contribution in [1.29, 1.82) is 0 Å². The topological polar surface area (TPSA) is 177 Å². The maximum atomic E-state index is 12.9. The van der Waals surface area contributed by atoms with Gasteiger partial charge in [0.25, 0.3) is 5.91 Å². The zero-order valence-electron chi connectivity index (χ0n) is 20.3. The number of hydrogen-bond donors (Lipinski definition) is 7. The summed E-state index contributed by atoms with van der Waals surface area (Å²) in [5.74, 6) is -4.49. The fraction of sp³-hybridized carbons (Fsp3) is 0.609. The van der Waals surface area contributed by atoms with Gasteiger partial charge in [0.1, 0.15) is 22.8 Å². The molecule has 0 aromatic heterocycles. The Balaban J connectivity index is 2.17. The van der Waals surface area contributed by atoms with E-state index >= 15 is 0 Å². The van der Waals surface area contributed by atoms with Gasteiger partial charge in [0, 0.05) is 19.2 Å². The first-order valence-electron chi connectivity index (χ1n) is 11.0. The Bertz CT molecular complexity index is 925. The number of aliphatic hydroxyl groups is 4. The summed E-state index contributed by atoms with van der Waals surface area (Å²) in [5, 5.41) is 50.4. The van der Waals surface area contributed by atoms with Crippen LogP contribution < -0.4 is 16.0 Å². The molecule has 6 unspecified atom stereocenters. The fourth-order valence-corrected chi connectivity index (χ4v) is 3.77. The van der Waals surface area contributed by atoms with Gasteiger partial charge < -0.3 is 41.1 Å². The van der Waals surface area contributed by atoms with Crippen LogP contribution in [0.3, 0.4) is 0 Å². The third-order valence-corrected chi connectivity index (χ3v) is 6.74. The zero-order valence-corrected chi connectivity index (χ0v) is 20.3. The zero-order chi connectivity index (χ0) is 26.1. The van der Waals surface area contributed by atoms with E-state index in [4.69, 9.17) is 4.74 Å². The average Bonchev–Trinajstić information content (AvgIpc) is 2.73. The van der Waals surface area contributed by atoms with Crippen LogP contribution >= 0.6 is 0 Å². The Labute approximate surface area is 198 Å². The molecule has 190 valence electrons. The molecule has 1 heterocycles. The summed E-state index contributed by atoms with van der Waals surface area (Å²) in [4.78, 5) is 37.3. The van der Waals surface area contributed by atoms with Gasteiger partial charge in [0.15, 0.2) is 11.9 Å². The highest BCUT2D eigenvalue weighted by atomic mass is 16.7. The van der Waals surface area contributed by atoms with Gasteiger partial charge in [-0.3, -0.25) is 14.4 Å². The van der Waals surface area contributed by atoms with Crippen LogP contribution in [-0.2, 0) is 25.5 Å². The van der Waals surface area contributed by atoms with Gasteiger partial charge in [-0.1, -0.05) is 19.1 Å². The molecule has 0 bridgehead atoms. The van der Waals surface area contributed by atoms with E-state index in [1.807, 2.05) is 19.1 Å². The number of amides is 3. The molecule has 11 heteroatoms. The smallest absolute Gasteiger partial charge is 0.252 e. The monoisotopic (exact) mass is 481 g/mol. The van der Waals surface area contributed by atoms with E-state index in [1.165, 1.54) is 6.92 Å². The standard InChI is InChI=1S/C23H35N3O8/c1-7-14-8-10-15(11-9-14)26-18(28)16(25-13(2)27)12-24-19(29)17-20(3,30)21(4,31)22(5,32)23(6,33)34-17/h8-11,16-17,30-33H,7,12H2,1-6H3,(H,24,29)(H,25,27)(H,26,28). The molecule has 0 aliphatic carbocycles. The van der Waals surface area contributed by atoms with Gasteiger partial charge in [-0.15, -0.1) is 0 Å². The molecule has 1 aliphatic heterocycles. The van der Waals surface area contributed by atoms with E-state index in [0.29, 0.717) is 5.69 Å². The van der Waals surface area contributed by atoms with Crippen molar-refractivity contribution >= 4 is 23.4 Å². The van der Waals surface area contributed by atoms with Crippen LogP contribution in [0.1, 0.15) is 47.1 Å². The molecule has 3 amide bonds. The van der Waals surface area contributed by atoms with Crippen LogP contribution in [0.25, 0.3) is 0 Å². The number of ether oxygens (including phenoxy) is 1. The van der Waals surface area contributed by atoms with Crippen molar-refractivity contribution < 1.29 is 39.5 Å². The summed E-state index contributed by atoms with van der Waals surface area (Å²) in [5.41, 5.74) is -5.48. The quantitative estimate of drug-likeness (QED) is 0.264. The van der Waals surface area contributed by atoms with Crippen LogP contribution in [0.2, 0.25) is 0 Å². The number of anilines is 1. The van der Waals surface area contributed by atoms with Gasteiger partial charge in [0.05, 0.1) is 0 Å². The Kier molecular flexibility index (Phi) is 7.80. The van der Waals surface area contributed by atoms with E-state index in [0.717, 1.165) is 39.7 Å². The molecule has 2 rings (SSSR count). The maximum absolute atomic E-state index is 12.9. The Morgan fingerprint density at radius 1 is 1.00 bits per heavy atom.